The molecule has 2 rings (SSSR count). The topological polar surface area (TPSA) is 87.3 Å². The van der Waals surface area contributed by atoms with Crippen molar-refractivity contribution in [2.75, 3.05) is 5.75 Å². The zero-order valence-electron chi connectivity index (χ0n) is 15.3. The highest BCUT2D eigenvalue weighted by Gasteiger charge is 2.18. The minimum atomic E-state index is -0.898. The molecule has 0 atom stereocenters. The molecule has 0 bridgehead atoms. The number of hydrogen-bond acceptors (Lipinski definition) is 4. The van der Waals surface area contributed by atoms with Gasteiger partial charge in [-0.25, -0.2) is 0 Å². The Bertz CT molecular complexity index is 727. The van der Waals surface area contributed by atoms with Crippen LogP contribution in [0, 0.1) is 0 Å². The lowest BCUT2D eigenvalue weighted by Gasteiger charge is -2.17. The van der Waals surface area contributed by atoms with E-state index in [4.69, 9.17) is 0 Å². The third kappa shape index (κ3) is 6.79. The predicted octanol–water partition coefficient (Wildman–Crippen LogP) is 2.18. The van der Waals surface area contributed by atoms with E-state index >= 15 is 0 Å². The average Bonchev–Trinajstić information content (AvgIpc) is 2.67. The van der Waals surface area contributed by atoms with Gasteiger partial charge in [-0.05, 0) is 25.0 Å². The van der Waals surface area contributed by atoms with Gasteiger partial charge in [0.2, 0.25) is 5.91 Å². The van der Waals surface area contributed by atoms with E-state index in [2.05, 4.69) is 16.2 Å². The Balaban J connectivity index is 1.92. The summed E-state index contributed by atoms with van der Waals surface area (Å²) in [5.41, 5.74) is 6.57. The molecule has 6 nitrogen and oxygen atoms in total. The summed E-state index contributed by atoms with van der Waals surface area (Å²) < 4.78 is 0. The summed E-state index contributed by atoms with van der Waals surface area (Å²) in [5.74, 6) is -1.95. The molecule has 0 spiro atoms. The Morgan fingerprint density at radius 2 is 1.33 bits per heavy atom. The third-order valence-electron chi connectivity index (χ3n) is 3.53. The maximum absolute atomic E-state index is 12.1. The van der Waals surface area contributed by atoms with Gasteiger partial charge in [0.1, 0.15) is 0 Å². The van der Waals surface area contributed by atoms with Gasteiger partial charge < -0.3 is 5.32 Å². The second-order valence-electron chi connectivity index (χ2n) is 6.14. The van der Waals surface area contributed by atoms with E-state index in [9.17, 15) is 14.4 Å². The molecule has 7 heteroatoms. The first-order valence-corrected chi connectivity index (χ1v) is 9.63. The minimum Gasteiger partial charge on any atom is -0.346 e. The zero-order valence-corrected chi connectivity index (χ0v) is 16.1. The molecule has 0 fully saturated rings. The van der Waals surface area contributed by atoms with E-state index in [0.717, 1.165) is 11.1 Å². The molecule has 2 aromatic carbocycles. The Morgan fingerprint density at radius 3 is 1.81 bits per heavy atom. The van der Waals surface area contributed by atoms with Crippen LogP contribution in [-0.2, 0) is 14.4 Å². The van der Waals surface area contributed by atoms with E-state index in [1.165, 1.54) is 11.8 Å². The Hall–Kier alpha value is -2.80. The lowest BCUT2D eigenvalue weighted by Crippen LogP contribution is -2.50. The molecular weight excluding hydrogens is 362 g/mol. The van der Waals surface area contributed by atoms with Crippen LogP contribution < -0.4 is 16.2 Å². The molecule has 3 N–H and O–H groups in total. The van der Waals surface area contributed by atoms with Crippen LogP contribution >= 0.6 is 11.8 Å². The van der Waals surface area contributed by atoms with Crippen molar-refractivity contribution in [1.29, 1.82) is 0 Å². The van der Waals surface area contributed by atoms with Crippen molar-refractivity contribution in [2.45, 2.75) is 25.1 Å². The average molecular weight is 385 g/mol. The molecule has 0 saturated heterocycles. The summed E-state index contributed by atoms with van der Waals surface area (Å²) in [6.07, 6.45) is 0. The van der Waals surface area contributed by atoms with Gasteiger partial charge >= 0.3 is 11.8 Å². The van der Waals surface area contributed by atoms with Crippen molar-refractivity contribution in [3.05, 3.63) is 71.8 Å². The summed E-state index contributed by atoms with van der Waals surface area (Å²) in [6, 6.07) is 19.6. The van der Waals surface area contributed by atoms with Gasteiger partial charge in [0.25, 0.3) is 0 Å². The Morgan fingerprint density at radius 1 is 0.815 bits per heavy atom. The summed E-state index contributed by atoms with van der Waals surface area (Å²) in [7, 11) is 0. The van der Waals surface area contributed by atoms with E-state index < -0.39 is 11.8 Å². The second kappa shape index (κ2) is 10.4. The van der Waals surface area contributed by atoms with Crippen LogP contribution in [0.15, 0.2) is 60.7 Å². The Kier molecular flexibility index (Phi) is 7.88. The lowest BCUT2D eigenvalue weighted by atomic mass is 10.0. The lowest BCUT2D eigenvalue weighted by molar-refractivity contribution is -0.141. The molecule has 3 amide bonds. The van der Waals surface area contributed by atoms with E-state index in [1.807, 2.05) is 60.7 Å². The van der Waals surface area contributed by atoms with Crippen LogP contribution in [0.4, 0.5) is 0 Å². The van der Waals surface area contributed by atoms with Gasteiger partial charge in [0.05, 0.1) is 11.0 Å². The smallest absolute Gasteiger partial charge is 0.327 e. The normalized spacial score (nSPS) is 10.5. The number of thioether (sulfide) groups is 1. The molecule has 142 valence electrons. The van der Waals surface area contributed by atoms with Crippen LogP contribution in [0.1, 0.15) is 30.2 Å². The van der Waals surface area contributed by atoms with Crippen molar-refractivity contribution in [1.82, 2.24) is 16.2 Å². The molecule has 0 heterocycles. The highest BCUT2D eigenvalue weighted by atomic mass is 32.2. The number of amides is 3. The van der Waals surface area contributed by atoms with E-state index in [-0.39, 0.29) is 23.0 Å². The highest BCUT2D eigenvalue weighted by Crippen LogP contribution is 2.35. The van der Waals surface area contributed by atoms with E-state index in [1.54, 1.807) is 13.8 Å². The van der Waals surface area contributed by atoms with Crippen LogP contribution in [0.25, 0.3) is 0 Å². The van der Waals surface area contributed by atoms with Crippen LogP contribution in [0.2, 0.25) is 0 Å². The monoisotopic (exact) mass is 385 g/mol. The van der Waals surface area contributed by atoms with Crippen molar-refractivity contribution >= 4 is 29.5 Å². The standard InChI is InChI=1S/C20H23N3O3S/c1-14(2)21-19(25)20(26)23-22-17(24)13-27-18(15-9-5-3-6-10-15)16-11-7-4-8-12-16/h3-12,14,18H,13H2,1-2H3,(H,21,25)(H,22,24)(H,23,26). The minimum absolute atomic E-state index is 0.0157. The van der Waals surface area contributed by atoms with Crippen molar-refractivity contribution in [2.24, 2.45) is 0 Å². The fraction of sp³-hybridized carbons (Fsp3) is 0.250. The van der Waals surface area contributed by atoms with Crippen LogP contribution in [0.3, 0.4) is 0 Å². The fourth-order valence-corrected chi connectivity index (χ4v) is 3.44. The number of carbonyl (C=O) groups is 3. The molecule has 0 aromatic heterocycles. The van der Waals surface area contributed by atoms with Crippen molar-refractivity contribution in [3.8, 4) is 0 Å². The molecule has 27 heavy (non-hydrogen) atoms. The van der Waals surface area contributed by atoms with Gasteiger partial charge in [-0.1, -0.05) is 60.7 Å². The van der Waals surface area contributed by atoms with Gasteiger partial charge in [-0.3, -0.25) is 25.2 Å². The molecule has 0 unspecified atom stereocenters. The predicted molar refractivity (Wildman–Crippen MR) is 107 cm³/mol. The second-order valence-corrected chi connectivity index (χ2v) is 7.24. The number of rotatable bonds is 6. The maximum Gasteiger partial charge on any atom is 0.327 e. The first-order valence-electron chi connectivity index (χ1n) is 8.58. The van der Waals surface area contributed by atoms with Crippen molar-refractivity contribution < 1.29 is 14.4 Å². The number of hydrogen-bond donors (Lipinski definition) is 3. The number of carbonyl (C=O) groups excluding carboxylic acids is 3. The first kappa shape index (κ1) is 20.5. The van der Waals surface area contributed by atoms with Crippen molar-refractivity contribution in [3.63, 3.8) is 0 Å². The largest absolute Gasteiger partial charge is 0.346 e. The molecule has 0 aliphatic carbocycles. The van der Waals surface area contributed by atoms with Gasteiger partial charge in [-0.15, -0.1) is 11.8 Å². The third-order valence-corrected chi connectivity index (χ3v) is 4.83. The Labute approximate surface area is 163 Å². The zero-order chi connectivity index (χ0) is 19.6. The highest BCUT2D eigenvalue weighted by molar-refractivity contribution is 8.00. The molecule has 2 aromatic rings. The SMILES string of the molecule is CC(C)NC(=O)C(=O)NNC(=O)CSC(c1ccccc1)c1ccccc1. The molecule has 0 aliphatic rings. The fourth-order valence-electron chi connectivity index (χ4n) is 2.35. The molecular formula is C20H23N3O3S. The van der Waals surface area contributed by atoms with Gasteiger partial charge in [0.15, 0.2) is 0 Å². The maximum atomic E-state index is 12.1. The molecule has 0 saturated carbocycles. The van der Waals surface area contributed by atoms with E-state index in [0.29, 0.717) is 0 Å². The summed E-state index contributed by atoms with van der Waals surface area (Å²) in [5, 5.41) is 2.44. The summed E-state index contributed by atoms with van der Waals surface area (Å²) in [4.78, 5) is 35.2. The quantitative estimate of drug-likeness (QED) is 0.525. The number of benzene rings is 2. The van der Waals surface area contributed by atoms with Crippen LogP contribution in [-0.4, -0.2) is 29.5 Å². The summed E-state index contributed by atoms with van der Waals surface area (Å²) >= 11 is 1.44. The number of nitrogens with one attached hydrogen (secondary N) is 3. The molecule has 0 aliphatic heterocycles. The first-order chi connectivity index (χ1) is 13.0. The van der Waals surface area contributed by atoms with Gasteiger partial charge in [-0.2, -0.15) is 0 Å². The summed E-state index contributed by atoms with van der Waals surface area (Å²) in [6.45, 7) is 3.49. The van der Waals surface area contributed by atoms with Crippen LogP contribution in [0.5, 0.6) is 0 Å². The molecule has 0 radical (unpaired) electrons. The van der Waals surface area contributed by atoms with Gasteiger partial charge in [0, 0.05) is 6.04 Å². The number of hydrazine groups is 1.